The zero-order valence-corrected chi connectivity index (χ0v) is 9.08. The molecule has 0 aliphatic carbocycles. The average Bonchev–Trinajstić information content (AvgIpc) is 1.98. The van der Waals surface area contributed by atoms with Crippen LogP contribution in [0.3, 0.4) is 0 Å². The van der Waals surface area contributed by atoms with Crippen LogP contribution in [0, 0.1) is 11.8 Å². The first-order chi connectivity index (χ1) is 5.97. The predicted octanol–water partition coefficient (Wildman–Crippen LogP) is 1.69. The van der Waals surface area contributed by atoms with Crippen molar-refractivity contribution in [2.45, 2.75) is 27.2 Å². The maximum Gasteiger partial charge on any atom is 0.307 e. The molecule has 78 valence electrons. The first-order valence-electron chi connectivity index (χ1n) is 4.88. The molecule has 0 rings (SSSR count). The van der Waals surface area contributed by atoms with Gasteiger partial charge in [0.05, 0.1) is 5.92 Å². The van der Waals surface area contributed by atoms with Crippen molar-refractivity contribution < 1.29 is 9.90 Å². The highest BCUT2D eigenvalue weighted by Crippen LogP contribution is 2.06. The highest BCUT2D eigenvalue weighted by atomic mass is 16.4. The molecule has 1 N–H and O–H groups in total. The molecule has 0 aromatic rings. The molecule has 0 saturated carbocycles. The third-order valence-electron chi connectivity index (χ3n) is 2.05. The molecule has 0 saturated heterocycles. The molecule has 0 aliphatic rings. The van der Waals surface area contributed by atoms with Gasteiger partial charge in [0, 0.05) is 13.1 Å². The van der Waals surface area contributed by atoms with Crippen LogP contribution in [0.4, 0.5) is 0 Å². The monoisotopic (exact) mass is 187 g/mol. The van der Waals surface area contributed by atoms with Crippen molar-refractivity contribution in [1.82, 2.24) is 4.90 Å². The second kappa shape index (κ2) is 5.97. The minimum atomic E-state index is -0.682. The standard InChI is InChI=1S/C10H21NO2/c1-5-9(10(12)13)7-11(4)6-8(2)3/h8-9H,5-7H2,1-4H3,(H,12,13). The van der Waals surface area contributed by atoms with Crippen molar-refractivity contribution in [3.8, 4) is 0 Å². The summed E-state index contributed by atoms with van der Waals surface area (Å²) in [5.41, 5.74) is 0. The van der Waals surface area contributed by atoms with Gasteiger partial charge in [-0.2, -0.15) is 0 Å². The molecule has 0 aromatic carbocycles. The zero-order chi connectivity index (χ0) is 10.4. The Bertz CT molecular complexity index is 157. The fraction of sp³-hybridized carbons (Fsp3) is 0.900. The van der Waals surface area contributed by atoms with Crippen molar-refractivity contribution in [1.29, 1.82) is 0 Å². The third kappa shape index (κ3) is 5.64. The molecule has 3 nitrogen and oxygen atoms in total. The lowest BCUT2D eigenvalue weighted by atomic mass is 10.1. The Morgan fingerprint density at radius 1 is 1.38 bits per heavy atom. The van der Waals surface area contributed by atoms with Crippen molar-refractivity contribution >= 4 is 5.97 Å². The molecule has 0 heterocycles. The molecule has 1 atom stereocenters. The molecule has 0 spiro atoms. The van der Waals surface area contributed by atoms with Crippen LogP contribution in [0.1, 0.15) is 27.2 Å². The van der Waals surface area contributed by atoms with Crippen LogP contribution in [-0.2, 0) is 4.79 Å². The largest absolute Gasteiger partial charge is 0.481 e. The van der Waals surface area contributed by atoms with Gasteiger partial charge < -0.3 is 10.0 Å². The summed E-state index contributed by atoms with van der Waals surface area (Å²) in [6, 6.07) is 0. The summed E-state index contributed by atoms with van der Waals surface area (Å²) in [6.45, 7) is 7.81. The van der Waals surface area contributed by atoms with E-state index in [-0.39, 0.29) is 5.92 Å². The summed E-state index contributed by atoms with van der Waals surface area (Å²) in [5, 5.41) is 8.83. The Labute approximate surface area is 80.7 Å². The Balaban J connectivity index is 3.86. The molecule has 0 amide bonds. The summed E-state index contributed by atoms with van der Waals surface area (Å²) in [4.78, 5) is 12.8. The normalized spacial score (nSPS) is 13.7. The van der Waals surface area contributed by atoms with E-state index < -0.39 is 5.97 Å². The van der Waals surface area contributed by atoms with Gasteiger partial charge in [-0.3, -0.25) is 4.79 Å². The molecule has 13 heavy (non-hydrogen) atoms. The molecule has 0 bridgehead atoms. The molecular formula is C10H21NO2. The number of carboxylic acids is 1. The molecule has 0 radical (unpaired) electrons. The Morgan fingerprint density at radius 3 is 2.23 bits per heavy atom. The number of carboxylic acid groups (broad SMARTS) is 1. The van der Waals surface area contributed by atoms with E-state index in [9.17, 15) is 4.79 Å². The summed E-state index contributed by atoms with van der Waals surface area (Å²) < 4.78 is 0. The Hall–Kier alpha value is -0.570. The molecular weight excluding hydrogens is 166 g/mol. The van der Waals surface area contributed by atoms with Crippen molar-refractivity contribution in [3.05, 3.63) is 0 Å². The number of nitrogens with zero attached hydrogens (tertiary/aromatic N) is 1. The van der Waals surface area contributed by atoms with Gasteiger partial charge in [0.15, 0.2) is 0 Å². The predicted molar refractivity (Wildman–Crippen MR) is 53.8 cm³/mol. The van der Waals surface area contributed by atoms with E-state index in [1.807, 2.05) is 14.0 Å². The third-order valence-corrected chi connectivity index (χ3v) is 2.05. The van der Waals surface area contributed by atoms with Crippen LogP contribution in [0.25, 0.3) is 0 Å². The number of hydrogen-bond acceptors (Lipinski definition) is 2. The number of hydrogen-bond donors (Lipinski definition) is 1. The number of rotatable bonds is 6. The fourth-order valence-corrected chi connectivity index (χ4v) is 1.46. The van der Waals surface area contributed by atoms with Crippen LogP contribution in [0.5, 0.6) is 0 Å². The summed E-state index contributed by atoms with van der Waals surface area (Å²) in [6.07, 6.45) is 0.706. The van der Waals surface area contributed by atoms with Crippen molar-refractivity contribution in [2.24, 2.45) is 11.8 Å². The van der Waals surface area contributed by atoms with Crippen LogP contribution < -0.4 is 0 Å². The highest BCUT2D eigenvalue weighted by Gasteiger charge is 2.17. The van der Waals surface area contributed by atoms with Crippen LogP contribution >= 0.6 is 0 Å². The van der Waals surface area contributed by atoms with E-state index in [1.54, 1.807) is 0 Å². The second-order valence-corrected chi connectivity index (χ2v) is 4.06. The maximum absolute atomic E-state index is 10.7. The van der Waals surface area contributed by atoms with Crippen molar-refractivity contribution in [2.75, 3.05) is 20.1 Å². The lowest BCUT2D eigenvalue weighted by Crippen LogP contribution is -2.32. The van der Waals surface area contributed by atoms with E-state index in [4.69, 9.17) is 5.11 Å². The van der Waals surface area contributed by atoms with Crippen LogP contribution in [-0.4, -0.2) is 36.1 Å². The van der Waals surface area contributed by atoms with Gasteiger partial charge in [0.1, 0.15) is 0 Å². The minimum Gasteiger partial charge on any atom is -0.481 e. The zero-order valence-electron chi connectivity index (χ0n) is 9.08. The van der Waals surface area contributed by atoms with E-state index >= 15 is 0 Å². The quantitative estimate of drug-likeness (QED) is 0.688. The van der Waals surface area contributed by atoms with Gasteiger partial charge >= 0.3 is 5.97 Å². The highest BCUT2D eigenvalue weighted by molar-refractivity contribution is 5.70. The lowest BCUT2D eigenvalue weighted by Gasteiger charge is -2.22. The SMILES string of the molecule is CCC(CN(C)CC(C)C)C(=O)O. The first-order valence-corrected chi connectivity index (χ1v) is 4.88. The van der Waals surface area contributed by atoms with Crippen LogP contribution in [0.2, 0.25) is 0 Å². The number of aliphatic carboxylic acids is 1. The van der Waals surface area contributed by atoms with Gasteiger partial charge in [-0.05, 0) is 19.4 Å². The average molecular weight is 187 g/mol. The van der Waals surface area contributed by atoms with Crippen molar-refractivity contribution in [3.63, 3.8) is 0 Å². The summed E-state index contributed by atoms with van der Waals surface area (Å²) in [5.74, 6) is -0.307. The van der Waals surface area contributed by atoms with Gasteiger partial charge in [-0.15, -0.1) is 0 Å². The lowest BCUT2D eigenvalue weighted by molar-refractivity contribution is -0.142. The smallest absolute Gasteiger partial charge is 0.307 e. The second-order valence-electron chi connectivity index (χ2n) is 4.06. The summed E-state index contributed by atoms with van der Waals surface area (Å²) in [7, 11) is 1.98. The van der Waals surface area contributed by atoms with Gasteiger partial charge in [-0.1, -0.05) is 20.8 Å². The van der Waals surface area contributed by atoms with E-state index in [2.05, 4.69) is 18.7 Å². The molecule has 3 heteroatoms. The fourth-order valence-electron chi connectivity index (χ4n) is 1.46. The molecule has 0 aliphatic heterocycles. The van der Waals surface area contributed by atoms with Gasteiger partial charge in [0.2, 0.25) is 0 Å². The van der Waals surface area contributed by atoms with E-state index in [1.165, 1.54) is 0 Å². The first kappa shape index (κ1) is 12.4. The maximum atomic E-state index is 10.7. The van der Waals surface area contributed by atoms with Gasteiger partial charge in [-0.25, -0.2) is 0 Å². The Morgan fingerprint density at radius 2 is 1.92 bits per heavy atom. The Kier molecular flexibility index (Phi) is 5.71. The van der Waals surface area contributed by atoms with E-state index in [0.717, 1.165) is 6.54 Å². The molecule has 1 unspecified atom stereocenters. The summed E-state index contributed by atoms with van der Waals surface area (Å²) >= 11 is 0. The minimum absolute atomic E-state index is 0.219. The molecule has 0 fully saturated rings. The molecule has 0 aromatic heterocycles. The topological polar surface area (TPSA) is 40.5 Å². The van der Waals surface area contributed by atoms with Gasteiger partial charge in [0.25, 0.3) is 0 Å². The number of carbonyl (C=O) groups is 1. The van der Waals surface area contributed by atoms with E-state index in [0.29, 0.717) is 18.9 Å². The van der Waals surface area contributed by atoms with Crippen LogP contribution in [0.15, 0.2) is 0 Å².